The lowest BCUT2D eigenvalue weighted by Crippen LogP contribution is -2.35. The summed E-state index contributed by atoms with van der Waals surface area (Å²) in [6.07, 6.45) is 3.08. The molecule has 0 spiro atoms. The average Bonchev–Trinajstić information content (AvgIpc) is 3.27. The van der Waals surface area contributed by atoms with Gasteiger partial charge in [0.25, 0.3) is 0 Å². The minimum absolute atomic E-state index is 0.148. The number of nitrogens with one attached hydrogen (secondary N) is 1. The zero-order valence-corrected chi connectivity index (χ0v) is 15.2. The minimum Gasteiger partial charge on any atom is -0.479 e. The van der Waals surface area contributed by atoms with Crippen LogP contribution in [0.4, 0.5) is 5.69 Å². The van der Waals surface area contributed by atoms with Crippen LogP contribution in [0, 0.1) is 0 Å². The van der Waals surface area contributed by atoms with Gasteiger partial charge in [-0.2, -0.15) is 5.10 Å². The molecule has 130 valence electrons. The molecule has 0 atom stereocenters. The highest BCUT2D eigenvalue weighted by Gasteiger charge is 2.30. The van der Waals surface area contributed by atoms with Gasteiger partial charge in [-0.05, 0) is 25.3 Å². The first kappa shape index (κ1) is 17.3. The summed E-state index contributed by atoms with van der Waals surface area (Å²) in [5.74, 6) is -1.23. The molecule has 0 aliphatic rings. The number of aromatic nitrogens is 3. The predicted octanol–water partition coefficient (Wildman–Crippen LogP) is 3.07. The van der Waals surface area contributed by atoms with E-state index in [-0.39, 0.29) is 12.3 Å². The summed E-state index contributed by atoms with van der Waals surface area (Å²) in [5.41, 5.74) is -0.0368. The Hall–Kier alpha value is -2.52. The summed E-state index contributed by atoms with van der Waals surface area (Å²) in [5, 5.41) is 20.7. The number of hydrogen-bond donors (Lipinski definition) is 2. The van der Waals surface area contributed by atoms with Crippen molar-refractivity contribution in [1.29, 1.82) is 0 Å². The molecule has 0 aromatic carbocycles. The summed E-state index contributed by atoms with van der Waals surface area (Å²) in [7, 11) is 0. The molecule has 3 aromatic heterocycles. The van der Waals surface area contributed by atoms with Crippen molar-refractivity contribution in [2.24, 2.45) is 0 Å². The summed E-state index contributed by atoms with van der Waals surface area (Å²) in [4.78, 5) is 29.0. The van der Waals surface area contributed by atoms with Crippen LogP contribution in [0.15, 0.2) is 35.3 Å². The van der Waals surface area contributed by atoms with Gasteiger partial charge < -0.3 is 10.4 Å². The summed E-state index contributed by atoms with van der Waals surface area (Å²) in [6, 6.07) is 3.95. The lowest BCUT2D eigenvalue weighted by atomic mass is 10.1. The first-order valence-corrected chi connectivity index (χ1v) is 9.19. The Labute approximate surface area is 152 Å². The third kappa shape index (κ3) is 3.77. The lowest BCUT2D eigenvalue weighted by molar-refractivity contribution is -0.146. The van der Waals surface area contributed by atoms with E-state index in [4.69, 9.17) is 0 Å². The number of carboxylic acids is 1. The SMILES string of the molecule is CC(C)(C(=O)O)n1cc(NC(=O)Cc2csc(-c3cccs3)n2)cn1. The third-order valence-corrected chi connectivity index (χ3v) is 5.52. The molecule has 0 aliphatic heterocycles. The number of carboxylic acid groups (broad SMARTS) is 1. The first-order valence-electron chi connectivity index (χ1n) is 7.43. The third-order valence-electron chi connectivity index (χ3n) is 3.59. The van der Waals surface area contributed by atoms with Gasteiger partial charge >= 0.3 is 5.97 Å². The largest absolute Gasteiger partial charge is 0.479 e. The molecular weight excluding hydrogens is 360 g/mol. The molecule has 9 heteroatoms. The molecule has 0 unspecified atom stereocenters. The standard InChI is InChI=1S/C16H16N4O3S2/c1-16(2,15(22)23)20-8-11(7-17-20)18-13(21)6-10-9-25-14(19-10)12-4-3-5-24-12/h3-5,7-9H,6H2,1-2H3,(H,18,21)(H,22,23). The second-order valence-corrected chi connectivity index (χ2v) is 7.69. The summed E-state index contributed by atoms with van der Waals surface area (Å²) in [6.45, 7) is 3.07. The maximum Gasteiger partial charge on any atom is 0.331 e. The van der Waals surface area contributed by atoms with E-state index in [9.17, 15) is 14.7 Å². The van der Waals surface area contributed by atoms with Gasteiger partial charge in [0.1, 0.15) is 5.01 Å². The smallest absolute Gasteiger partial charge is 0.331 e. The van der Waals surface area contributed by atoms with E-state index in [0.29, 0.717) is 11.4 Å². The molecule has 0 saturated carbocycles. The van der Waals surface area contributed by atoms with E-state index in [2.05, 4.69) is 15.4 Å². The number of aliphatic carboxylic acids is 1. The predicted molar refractivity (Wildman–Crippen MR) is 96.9 cm³/mol. The first-order chi connectivity index (χ1) is 11.9. The zero-order valence-electron chi connectivity index (χ0n) is 13.6. The summed E-state index contributed by atoms with van der Waals surface area (Å²) >= 11 is 3.11. The monoisotopic (exact) mass is 376 g/mol. The van der Waals surface area contributed by atoms with Gasteiger partial charge in [-0.25, -0.2) is 9.78 Å². The number of hydrogen-bond acceptors (Lipinski definition) is 6. The Morgan fingerprint density at radius 1 is 1.36 bits per heavy atom. The molecule has 0 radical (unpaired) electrons. The molecule has 0 aliphatic carbocycles. The molecule has 0 bridgehead atoms. The van der Waals surface area contributed by atoms with Crippen molar-refractivity contribution in [1.82, 2.24) is 14.8 Å². The van der Waals surface area contributed by atoms with Crippen molar-refractivity contribution >= 4 is 40.2 Å². The molecule has 25 heavy (non-hydrogen) atoms. The highest BCUT2D eigenvalue weighted by Crippen LogP contribution is 2.28. The number of thiazole rings is 1. The van der Waals surface area contributed by atoms with Gasteiger partial charge in [0.15, 0.2) is 5.54 Å². The number of rotatable bonds is 6. The van der Waals surface area contributed by atoms with Crippen LogP contribution in [-0.4, -0.2) is 31.7 Å². The average molecular weight is 376 g/mol. The van der Waals surface area contributed by atoms with Crippen LogP contribution in [0.3, 0.4) is 0 Å². The number of amides is 1. The number of anilines is 1. The molecule has 3 aromatic rings. The fourth-order valence-corrected chi connectivity index (χ4v) is 3.70. The molecule has 0 saturated heterocycles. The molecular formula is C16H16N4O3S2. The number of thiophene rings is 1. The van der Waals surface area contributed by atoms with Crippen LogP contribution in [0.5, 0.6) is 0 Å². The Kier molecular flexibility index (Phi) is 4.69. The maximum atomic E-state index is 12.2. The van der Waals surface area contributed by atoms with Gasteiger partial charge in [0.05, 0.1) is 28.9 Å². The number of carbonyl (C=O) groups excluding carboxylic acids is 1. The molecule has 1 amide bonds. The van der Waals surface area contributed by atoms with Crippen molar-refractivity contribution in [3.05, 3.63) is 41.0 Å². The van der Waals surface area contributed by atoms with Crippen molar-refractivity contribution in [3.8, 4) is 9.88 Å². The van der Waals surface area contributed by atoms with E-state index >= 15 is 0 Å². The Bertz CT molecular complexity index is 896. The van der Waals surface area contributed by atoms with Gasteiger partial charge in [-0.1, -0.05) is 6.07 Å². The molecule has 0 fully saturated rings. The molecule has 7 nitrogen and oxygen atoms in total. The van der Waals surface area contributed by atoms with Crippen LogP contribution in [0.2, 0.25) is 0 Å². The fourth-order valence-electron chi connectivity index (χ4n) is 2.06. The van der Waals surface area contributed by atoms with E-state index < -0.39 is 11.5 Å². The quantitative estimate of drug-likeness (QED) is 0.689. The Morgan fingerprint density at radius 2 is 2.16 bits per heavy atom. The zero-order chi connectivity index (χ0) is 18.0. The van der Waals surface area contributed by atoms with E-state index in [0.717, 1.165) is 9.88 Å². The van der Waals surface area contributed by atoms with Crippen LogP contribution in [0.1, 0.15) is 19.5 Å². The second-order valence-electron chi connectivity index (χ2n) is 5.88. The molecule has 2 N–H and O–H groups in total. The van der Waals surface area contributed by atoms with E-state index in [1.807, 2.05) is 22.9 Å². The van der Waals surface area contributed by atoms with Crippen LogP contribution >= 0.6 is 22.7 Å². The maximum absolute atomic E-state index is 12.2. The van der Waals surface area contributed by atoms with Gasteiger partial charge in [0, 0.05) is 11.6 Å². The van der Waals surface area contributed by atoms with Crippen molar-refractivity contribution in [2.45, 2.75) is 25.8 Å². The summed E-state index contributed by atoms with van der Waals surface area (Å²) < 4.78 is 1.31. The normalized spacial score (nSPS) is 11.4. The van der Waals surface area contributed by atoms with Crippen LogP contribution in [-0.2, 0) is 21.5 Å². The molecule has 3 rings (SSSR count). The molecule has 3 heterocycles. The number of nitrogens with zero attached hydrogens (tertiary/aromatic N) is 3. The van der Waals surface area contributed by atoms with Crippen molar-refractivity contribution in [2.75, 3.05) is 5.32 Å². The van der Waals surface area contributed by atoms with Gasteiger partial charge in [-0.3, -0.25) is 9.48 Å². The van der Waals surface area contributed by atoms with Crippen LogP contribution in [0.25, 0.3) is 9.88 Å². The fraction of sp³-hybridized carbons (Fsp3) is 0.250. The van der Waals surface area contributed by atoms with E-state index in [1.165, 1.54) is 42.3 Å². The van der Waals surface area contributed by atoms with Crippen LogP contribution < -0.4 is 5.32 Å². The highest BCUT2D eigenvalue weighted by atomic mass is 32.1. The lowest BCUT2D eigenvalue weighted by Gasteiger charge is -2.19. The second kappa shape index (κ2) is 6.77. The minimum atomic E-state index is -1.19. The van der Waals surface area contributed by atoms with Crippen molar-refractivity contribution < 1.29 is 14.7 Å². The topological polar surface area (TPSA) is 97.1 Å². The Balaban J connectivity index is 1.64. The Morgan fingerprint density at radius 3 is 2.84 bits per heavy atom. The number of carbonyl (C=O) groups is 2. The highest BCUT2D eigenvalue weighted by molar-refractivity contribution is 7.20. The van der Waals surface area contributed by atoms with E-state index in [1.54, 1.807) is 11.3 Å². The van der Waals surface area contributed by atoms with Crippen molar-refractivity contribution in [3.63, 3.8) is 0 Å². The van der Waals surface area contributed by atoms with Gasteiger partial charge in [0.2, 0.25) is 5.91 Å². The van der Waals surface area contributed by atoms with Gasteiger partial charge in [-0.15, -0.1) is 22.7 Å².